The fourth-order valence-electron chi connectivity index (χ4n) is 2.47. The second-order valence-corrected chi connectivity index (χ2v) is 5.32. The number of methoxy groups -OCH3 is 1. The molecule has 0 aliphatic heterocycles. The molecule has 0 aliphatic carbocycles. The molecule has 0 unspecified atom stereocenters. The molecule has 1 amide bonds. The molecule has 1 aromatic heterocycles. The van der Waals surface area contributed by atoms with Crippen LogP contribution in [0.25, 0.3) is 11.0 Å². The normalized spacial score (nSPS) is 10.6. The lowest BCUT2D eigenvalue weighted by molar-refractivity contribution is -0.121. The lowest BCUT2D eigenvalue weighted by atomic mass is 10.3. The summed E-state index contributed by atoms with van der Waals surface area (Å²) in [5, 5.41) is 5.99. The van der Waals surface area contributed by atoms with Crippen LogP contribution in [0.3, 0.4) is 0 Å². The molecule has 7 nitrogen and oxygen atoms in total. The molecule has 0 saturated heterocycles. The number of nitrogens with one attached hydrogen (secondary N) is 2. The van der Waals surface area contributed by atoms with Crippen molar-refractivity contribution in [3.8, 4) is 0 Å². The fraction of sp³-hybridized carbons (Fsp3) is 0.500. The van der Waals surface area contributed by atoms with Gasteiger partial charge in [-0.05, 0) is 12.1 Å². The number of amides is 1. The number of hydrogen-bond acceptors (Lipinski definition) is 4. The summed E-state index contributed by atoms with van der Waals surface area (Å²) in [7, 11) is 3.39. The molecule has 0 bridgehead atoms. The van der Waals surface area contributed by atoms with Crippen LogP contribution in [0.15, 0.2) is 29.1 Å². The summed E-state index contributed by atoms with van der Waals surface area (Å²) >= 11 is 0. The number of fused-ring (bicyclic) bond motifs is 1. The Morgan fingerprint density at radius 2 is 1.88 bits per heavy atom. The summed E-state index contributed by atoms with van der Waals surface area (Å²) in [4.78, 5) is 24.1. The van der Waals surface area contributed by atoms with Crippen molar-refractivity contribution in [2.24, 2.45) is 7.05 Å². The molecule has 1 heterocycles. The summed E-state index contributed by atoms with van der Waals surface area (Å²) in [6, 6.07) is 7.59. The van der Waals surface area contributed by atoms with Gasteiger partial charge >= 0.3 is 5.69 Å². The fourth-order valence-corrected chi connectivity index (χ4v) is 2.47. The Morgan fingerprint density at radius 1 is 1.17 bits per heavy atom. The van der Waals surface area contributed by atoms with E-state index < -0.39 is 0 Å². The second kappa shape index (κ2) is 10.1. The van der Waals surface area contributed by atoms with E-state index in [2.05, 4.69) is 10.6 Å². The van der Waals surface area contributed by atoms with Crippen molar-refractivity contribution < 1.29 is 9.53 Å². The molecule has 8 heteroatoms. The minimum Gasteiger partial charge on any atom is -0.383 e. The maximum absolute atomic E-state index is 12.2. The van der Waals surface area contributed by atoms with Gasteiger partial charge in [0.05, 0.1) is 17.6 Å². The molecule has 24 heavy (non-hydrogen) atoms. The van der Waals surface area contributed by atoms with Crippen LogP contribution in [-0.2, 0) is 23.1 Å². The van der Waals surface area contributed by atoms with Crippen molar-refractivity contribution in [1.82, 2.24) is 19.8 Å². The van der Waals surface area contributed by atoms with Gasteiger partial charge < -0.3 is 15.4 Å². The van der Waals surface area contributed by atoms with Gasteiger partial charge in [0.2, 0.25) is 5.91 Å². The summed E-state index contributed by atoms with van der Waals surface area (Å²) in [6.45, 7) is 3.05. The zero-order valence-electron chi connectivity index (χ0n) is 14.1. The average molecular weight is 357 g/mol. The largest absolute Gasteiger partial charge is 0.383 e. The van der Waals surface area contributed by atoms with E-state index in [9.17, 15) is 9.59 Å². The maximum atomic E-state index is 12.2. The van der Waals surface area contributed by atoms with Crippen molar-refractivity contribution in [3.63, 3.8) is 0 Å². The van der Waals surface area contributed by atoms with Crippen LogP contribution < -0.4 is 16.3 Å². The van der Waals surface area contributed by atoms with Crippen molar-refractivity contribution >= 4 is 29.3 Å². The van der Waals surface area contributed by atoms with Crippen molar-refractivity contribution in [3.05, 3.63) is 34.7 Å². The van der Waals surface area contributed by atoms with Gasteiger partial charge in [-0.3, -0.25) is 13.9 Å². The van der Waals surface area contributed by atoms with Gasteiger partial charge in [0, 0.05) is 46.8 Å². The highest BCUT2D eigenvalue weighted by Crippen LogP contribution is 2.11. The number of benzene rings is 1. The van der Waals surface area contributed by atoms with Gasteiger partial charge in [0.15, 0.2) is 0 Å². The number of hydrogen-bond donors (Lipinski definition) is 2. The van der Waals surface area contributed by atoms with Gasteiger partial charge in [0.1, 0.15) is 0 Å². The maximum Gasteiger partial charge on any atom is 0.328 e. The van der Waals surface area contributed by atoms with E-state index in [0.29, 0.717) is 26.2 Å². The van der Waals surface area contributed by atoms with Crippen LogP contribution in [0.1, 0.15) is 6.42 Å². The summed E-state index contributed by atoms with van der Waals surface area (Å²) in [5.41, 5.74) is 1.63. The highest BCUT2D eigenvalue weighted by atomic mass is 35.5. The predicted molar refractivity (Wildman–Crippen MR) is 96.8 cm³/mol. The molecule has 0 fully saturated rings. The Hall–Kier alpha value is -1.83. The van der Waals surface area contributed by atoms with Crippen LogP contribution >= 0.6 is 12.4 Å². The molecule has 2 rings (SSSR count). The van der Waals surface area contributed by atoms with Gasteiger partial charge in [-0.15, -0.1) is 12.4 Å². The van der Waals surface area contributed by atoms with Crippen LogP contribution in [0.5, 0.6) is 0 Å². The van der Waals surface area contributed by atoms with Gasteiger partial charge in [-0.1, -0.05) is 12.1 Å². The number of para-hydroxylation sites is 2. The molecule has 0 aliphatic rings. The van der Waals surface area contributed by atoms with E-state index in [4.69, 9.17) is 4.74 Å². The second-order valence-electron chi connectivity index (χ2n) is 5.32. The first-order valence-corrected chi connectivity index (χ1v) is 7.75. The first kappa shape index (κ1) is 20.2. The Labute approximate surface area is 147 Å². The Bertz CT molecular complexity index is 711. The zero-order valence-corrected chi connectivity index (χ0v) is 14.9. The molecular weight excluding hydrogens is 332 g/mol. The van der Waals surface area contributed by atoms with E-state index in [0.717, 1.165) is 17.6 Å². The quantitative estimate of drug-likeness (QED) is 0.642. The third-order valence-corrected chi connectivity index (χ3v) is 3.72. The number of rotatable bonds is 9. The van der Waals surface area contributed by atoms with Crippen molar-refractivity contribution in [2.45, 2.75) is 13.0 Å². The Balaban J connectivity index is 0.00000288. The van der Waals surface area contributed by atoms with E-state index in [1.54, 1.807) is 23.3 Å². The minimum absolute atomic E-state index is 0. The Kier molecular flexibility index (Phi) is 8.53. The van der Waals surface area contributed by atoms with Crippen LogP contribution in [0.2, 0.25) is 0 Å². The van der Waals surface area contributed by atoms with E-state index in [1.807, 2.05) is 24.3 Å². The van der Waals surface area contributed by atoms with Crippen LogP contribution in [-0.4, -0.2) is 48.4 Å². The van der Waals surface area contributed by atoms with E-state index in [1.165, 1.54) is 0 Å². The lowest BCUT2D eigenvalue weighted by Crippen LogP contribution is -2.34. The zero-order chi connectivity index (χ0) is 16.7. The number of carbonyl (C=O) groups excluding carboxylic acids is 1. The highest BCUT2D eigenvalue weighted by molar-refractivity contribution is 5.85. The van der Waals surface area contributed by atoms with Gasteiger partial charge in [0.25, 0.3) is 0 Å². The van der Waals surface area contributed by atoms with Crippen molar-refractivity contribution in [1.29, 1.82) is 0 Å². The highest BCUT2D eigenvalue weighted by Gasteiger charge is 2.11. The van der Waals surface area contributed by atoms with Gasteiger partial charge in [-0.2, -0.15) is 0 Å². The average Bonchev–Trinajstić information content (AvgIpc) is 2.81. The minimum atomic E-state index is -0.0970. The summed E-state index contributed by atoms with van der Waals surface area (Å²) in [5.74, 6) is -0.0571. The third-order valence-electron chi connectivity index (χ3n) is 3.72. The SMILES string of the molecule is COCCNCCNC(=O)CCn1c(=O)n(C)c2ccccc21.Cl. The molecule has 0 atom stereocenters. The third kappa shape index (κ3) is 5.09. The molecule has 2 N–H and O–H groups in total. The smallest absolute Gasteiger partial charge is 0.328 e. The number of aromatic nitrogens is 2. The summed E-state index contributed by atoms with van der Waals surface area (Å²) in [6.07, 6.45) is 0.284. The standard InChI is InChI=1S/C16H24N4O3.ClH/c1-19-13-5-3-4-6-14(13)20(16(19)22)11-7-15(21)18-9-8-17-10-12-23-2;/h3-6,17H,7-12H2,1-2H3,(H,18,21);1H. The molecule has 0 radical (unpaired) electrons. The molecule has 0 saturated carbocycles. The topological polar surface area (TPSA) is 77.3 Å². The molecule has 1 aromatic carbocycles. The molecule has 134 valence electrons. The monoisotopic (exact) mass is 356 g/mol. The van der Waals surface area contributed by atoms with Crippen LogP contribution in [0, 0.1) is 0 Å². The van der Waals surface area contributed by atoms with Crippen LogP contribution in [0.4, 0.5) is 0 Å². The molecule has 2 aromatic rings. The van der Waals surface area contributed by atoms with E-state index in [-0.39, 0.29) is 30.4 Å². The molecule has 0 spiro atoms. The van der Waals surface area contributed by atoms with E-state index >= 15 is 0 Å². The van der Waals surface area contributed by atoms with Crippen molar-refractivity contribution in [2.75, 3.05) is 33.4 Å². The first-order valence-electron chi connectivity index (χ1n) is 7.75. The number of imidazole rings is 1. The number of halogens is 1. The first-order chi connectivity index (χ1) is 11.1. The lowest BCUT2D eigenvalue weighted by Gasteiger charge is -2.07. The van der Waals surface area contributed by atoms with Gasteiger partial charge in [-0.25, -0.2) is 4.79 Å². The predicted octanol–water partition coefficient (Wildman–Crippen LogP) is 0.504. The molecular formula is C16H25ClN4O3. The number of nitrogens with zero attached hydrogens (tertiary/aromatic N) is 2. The Morgan fingerprint density at radius 3 is 2.58 bits per heavy atom. The number of carbonyl (C=O) groups is 1. The number of aryl methyl sites for hydroxylation is 2. The number of ether oxygens (including phenoxy) is 1. The summed E-state index contributed by atoms with van der Waals surface area (Å²) < 4.78 is 8.17.